The highest BCUT2D eigenvalue weighted by molar-refractivity contribution is 7.93. The van der Waals surface area contributed by atoms with Crippen molar-refractivity contribution in [3.05, 3.63) is 266 Å². The van der Waals surface area contributed by atoms with Crippen LogP contribution in [0.25, 0.3) is 0 Å². The number of nitrogens with zero attached hydrogens (tertiary/aromatic N) is 3. The maximum absolute atomic E-state index is 13.2. The Labute approximate surface area is 524 Å². The molecule has 0 aliphatic heterocycles. The summed E-state index contributed by atoms with van der Waals surface area (Å²) in [5.41, 5.74) is -1.99. The Morgan fingerprint density at radius 2 is 0.879 bits per heavy atom. The molecule has 9 aromatic rings. The zero-order chi connectivity index (χ0) is 66.4. The summed E-state index contributed by atoms with van der Waals surface area (Å²) in [5.74, 6) is -3.00. The van der Waals surface area contributed by atoms with Crippen molar-refractivity contribution in [1.82, 2.24) is 9.97 Å². The van der Waals surface area contributed by atoms with E-state index in [-0.39, 0.29) is 77.5 Å². The van der Waals surface area contributed by atoms with Crippen molar-refractivity contribution in [3.63, 3.8) is 0 Å². The number of hydrogen-bond donors (Lipinski definition) is 4. The van der Waals surface area contributed by atoms with Gasteiger partial charge in [0, 0.05) is 46.2 Å². The minimum Gasteiger partial charge on any atom is -0.491 e. The van der Waals surface area contributed by atoms with Crippen LogP contribution in [0.15, 0.2) is 221 Å². The lowest BCUT2D eigenvalue weighted by Crippen LogP contribution is -2.18. The highest BCUT2D eigenvalue weighted by Crippen LogP contribution is 2.33. The number of nitro benzene ring substituents is 1. The maximum Gasteiger partial charge on any atom is 0.417 e. The van der Waals surface area contributed by atoms with Gasteiger partial charge in [-0.2, -0.15) is 13.2 Å². The molecule has 0 saturated carbocycles. The molecule has 0 aliphatic carbocycles. The molecule has 0 bridgehead atoms. The Hall–Kier alpha value is -10.4. The van der Waals surface area contributed by atoms with Gasteiger partial charge in [-0.05, 0) is 119 Å². The fraction of sp³-hybridized carbons (Fsp3) is 0.111. The predicted octanol–water partition coefficient (Wildman–Crippen LogP) is 12.8. The predicted molar refractivity (Wildman–Crippen MR) is 331 cm³/mol. The zero-order valence-electron chi connectivity index (χ0n) is 48.0. The van der Waals surface area contributed by atoms with Crippen LogP contribution in [-0.4, -0.2) is 80.8 Å². The number of pyridine rings is 2. The number of aromatic nitrogens is 2. The number of alkyl halides is 3. The summed E-state index contributed by atoms with van der Waals surface area (Å²) in [7, 11) is -12.4. The van der Waals surface area contributed by atoms with Gasteiger partial charge in [-0.1, -0.05) is 103 Å². The molecule has 0 aliphatic rings. The first-order valence-corrected chi connectivity index (χ1v) is 31.5. The molecule has 0 saturated heterocycles. The Kier molecular flexibility index (Phi) is 22.0. The van der Waals surface area contributed by atoms with E-state index in [1.54, 1.807) is 78.9 Å². The monoisotopic (exact) mass is 1320 g/mol. The highest BCUT2D eigenvalue weighted by Gasteiger charge is 2.34. The third-order valence-corrected chi connectivity index (χ3v) is 16.6. The SMILES string of the molecule is CC(C)Oc1ccc(S(=O)(=O)Nc2ncc(C(=O)O)cc2C(=O)c2ccccc2)cc1.CC(C)Oc1ccc(S(=O)(=O)Nc2ncc(C(F)(F)F)cc2C(=O)c2ccccc2)cc1.O=C(c1ccccc1)c1cc([N+](=O)[O-])ccc1NS(=O)(=O)c1ccc(Cl)cc1. The van der Waals surface area contributed by atoms with Crippen LogP contribution in [0.5, 0.6) is 11.5 Å². The summed E-state index contributed by atoms with van der Waals surface area (Å²) in [6.45, 7) is 7.33. The van der Waals surface area contributed by atoms with Gasteiger partial charge in [-0.25, -0.2) is 40.0 Å². The van der Waals surface area contributed by atoms with Crippen molar-refractivity contribution in [3.8, 4) is 11.5 Å². The summed E-state index contributed by atoms with van der Waals surface area (Å²) in [4.78, 5) is 67.6. The number of carbonyl (C=O) groups is 4. The van der Waals surface area contributed by atoms with Gasteiger partial charge in [0.05, 0.1) is 65.3 Å². The van der Waals surface area contributed by atoms with E-state index in [1.807, 2.05) is 27.7 Å². The molecular weight excluding hydrogens is 1270 g/mol. The number of carbonyl (C=O) groups excluding carboxylic acids is 3. The average molecular weight is 1320 g/mol. The molecule has 9 rings (SSSR count). The van der Waals surface area contributed by atoms with Crippen molar-refractivity contribution in [2.24, 2.45) is 0 Å². The summed E-state index contributed by atoms with van der Waals surface area (Å²) in [6.07, 6.45) is -3.48. The van der Waals surface area contributed by atoms with E-state index in [9.17, 15) is 72.8 Å². The fourth-order valence-electron chi connectivity index (χ4n) is 8.00. The van der Waals surface area contributed by atoms with Crippen LogP contribution in [0.4, 0.5) is 36.2 Å². The largest absolute Gasteiger partial charge is 0.491 e. The van der Waals surface area contributed by atoms with Crippen LogP contribution in [-0.2, 0) is 36.2 Å². The molecule has 0 unspecified atom stereocenters. The van der Waals surface area contributed by atoms with Crippen LogP contribution in [0.1, 0.15) is 91.4 Å². The van der Waals surface area contributed by atoms with Gasteiger partial charge >= 0.3 is 12.1 Å². The summed E-state index contributed by atoms with van der Waals surface area (Å²) in [6, 6.07) is 45.5. The molecule has 2 heterocycles. The number of non-ortho nitro benzene ring substituents is 1. The first kappa shape index (κ1) is 68.1. The van der Waals surface area contributed by atoms with E-state index < -0.39 is 81.4 Å². The van der Waals surface area contributed by atoms with E-state index in [2.05, 4.69) is 24.1 Å². The van der Waals surface area contributed by atoms with E-state index >= 15 is 0 Å². The summed E-state index contributed by atoms with van der Waals surface area (Å²) in [5, 5.41) is 20.7. The molecule has 2 aromatic heterocycles. The number of ether oxygens (including phenoxy) is 2. The number of sulfonamides is 3. The van der Waals surface area contributed by atoms with Crippen LogP contribution in [0, 0.1) is 10.1 Å². The van der Waals surface area contributed by atoms with E-state index in [1.165, 1.54) is 91.0 Å². The van der Waals surface area contributed by atoms with Crippen LogP contribution in [0.3, 0.4) is 0 Å². The second-order valence-electron chi connectivity index (χ2n) is 19.7. The number of halogens is 4. The standard InChI is InChI=1S/C22H19F3N2O4S.C22H20N2O6S.C19H13ClN2O5S/c1-14(2)31-17-8-10-18(11-9-17)32(29,30)27-21-19(12-16(13-26-21)22(23,24)25)20(28)15-6-4-3-5-7-15;1-14(2)30-17-8-10-18(11-9-17)31(28,29)24-21-19(12-16(13-23-21)22(26)27)20(25)15-6-4-3-5-7-15;20-14-6-9-16(10-7-14)28(26,27)21-18-11-8-15(22(24)25)12-17(18)19(23)13-4-2-1-3-5-13/h3-14H,1-2H3,(H,26,27);3-14H,1-2H3,(H,23,24)(H,26,27);1-12,21H. The number of ketones is 3. The Bertz CT molecular complexity index is 4480. The zero-order valence-corrected chi connectivity index (χ0v) is 51.2. The molecule has 0 amide bonds. The van der Waals surface area contributed by atoms with Crippen LogP contribution in [0.2, 0.25) is 5.02 Å². The van der Waals surface area contributed by atoms with Crippen molar-refractivity contribution < 1.29 is 77.1 Å². The number of nitro groups is 1. The second kappa shape index (κ2) is 29.3. The van der Waals surface area contributed by atoms with Gasteiger partial charge in [0.1, 0.15) is 11.5 Å². The molecular formula is C63H52ClF3N6O15S3. The average Bonchev–Trinajstić information content (AvgIpc) is 1.85. The molecule has 470 valence electrons. The number of carboxylic acid groups (broad SMARTS) is 1. The van der Waals surface area contributed by atoms with Crippen molar-refractivity contribution >= 4 is 88.0 Å². The third kappa shape index (κ3) is 18.4. The van der Waals surface area contributed by atoms with Gasteiger partial charge in [-0.15, -0.1) is 0 Å². The van der Waals surface area contributed by atoms with Gasteiger partial charge in [-0.3, -0.25) is 38.7 Å². The van der Waals surface area contributed by atoms with E-state index in [0.717, 1.165) is 24.4 Å². The summed E-state index contributed by atoms with van der Waals surface area (Å²) < 4.78 is 134. The number of benzene rings is 7. The van der Waals surface area contributed by atoms with E-state index in [0.29, 0.717) is 28.8 Å². The Balaban J connectivity index is 0.000000194. The number of rotatable bonds is 21. The Morgan fingerprint density at radius 1 is 0.505 bits per heavy atom. The maximum atomic E-state index is 13.2. The molecule has 0 fully saturated rings. The van der Waals surface area contributed by atoms with Gasteiger partial charge in [0.15, 0.2) is 29.0 Å². The van der Waals surface area contributed by atoms with Crippen LogP contribution < -0.4 is 23.6 Å². The van der Waals surface area contributed by atoms with Crippen molar-refractivity contribution in [1.29, 1.82) is 0 Å². The molecule has 0 spiro atoms. The van der Waals surface area contributed by atoms with Gasteiger partial charge < -0.3 is 14.6 Å². The minimum absolute atomic E-state index is 0.0607. The first-order valence-electron chi connectivity index (χ1n) is 26.7. The molecule has 4 N–H and O–H groups in total. The number of aromatic carboxylic acids is 1. The number of nitrogens with one attached hydrogen (secondary N) is 3. The van der Waals surface area contributed by atoms with Crippen LogP contribution >= 0.6 is 11.6 Å². The second-order valence-corrected chi connectivity index (χ2v) is 25.1. The lowest BCUT2D eigenvalue weighted by Gasteiger charge is -2.14. The smallest absolute Gasteiger partial charge is 0.417 e. The molecule has 7 aromatic carbocycles. The first-order chi connectivity index (χ1) is 42.9. The fourth-order valence-corrected chi connectivity index (χ4v) is 11.3. The number of carboxylic acids is 1. The molecule has 0 radical (unpaired) electrons. The van der Waals surface area contributed by atoms with Crippen molar-refractivity contribution in [2.75, 3.05) is 14.2 Å². The highest BCUT2D eigenvalue weighted by atomic mass is 35.5. The quantitative estimate of drug-likeness (QED) is 0.0295. The normalized spacial score (nSPS) is 11.4. The summed E-state index contributed by atoms with van der Waals surface area (Å²) >= 11 is 5.78. The van der Waals surface area contributed by atoms with E-state index in [4.69, 9.17) is 21.1 Å². The molecule has 0 atom stereocenters. The van der Waals surface area contributed by atoms with Gasteiger partial charge in [0.25, 0.3) is 35.8 Å². The van der Waals surface area contributed by atoms with Crippen molar-refractivity contribution in [2.45, 2.75) is 60.8 Å². The lowest BCUT2D eigenvalue weighted by molar-refractivity contribution is -0.384. The topological polar surface area (TPSA) is 314 Å². The Morgan fingerprint density at radius 3 is 1.26 bits per heavy atom. The lowest BCUT2D eigenvalue weighted by atomic mass is 10.0. The molecule has 28 heteroatoms. The number of anilines is 3. The number of hydrogen-bond acceptors (Lipinski definition) is 16. The molecule has 91 heavy (non-hydrogen) atoms. The third-order valence-electron chi connectivity index (χ3n) is 12.2. The molecule has 21 nitrogen and oxygen atoms in total. The minimum atomic E-state index is -4.76. The van der Waals surface area contributed by atoms with Gasteiger partial charge in [0.2, 0.25) is 0 Å².